The smallest absolute Gasteiger partial charge is 0.292 e. The summed E-state index contributed by atoms with van der Waals surface area (Å²) in [6.45, 7) is 11.3. The highest BCUT2D eigenvalue weighted by Gasteiger charge is 2.20. The minimum Gasteiger partial charge on any atom is -0.412 e. The molecule has 4 aromatic rings. The lowest BCUT2D eigenvalue weighted by Gasteiger charge is -2.17. The predicted molar refractivity (Wildman–Crippen MR) is 150 cm³/mol. The fraction of sp³-hybridized carbons (Fsp3) is 0.357. The number of carbonyl (C=O) groups excluding carboxylic acids is 1. The molecular formula is C28H35N7O3. The molecule has 0 saturated heterocycles. The van der Waals surface area contributed by atoms with E-state index in [-0.39, 0.29) is 28.8 Å². The molecular weight excluding hydrogens is 482 g/mol. The first-order valence-electron chi connectivity index (χ1n) is 12.7. The van der Waals surface area contributed by atoms with Crippen molar-refractivity contribution < 1.29 is 9.63 Å². The van der Waals surface area contributed by atoms with Crippen LogP contribution in [-0.2, 0) is 7.05 Å². The highest BCUT2D eigenvalue weighted by Crippen LogP contribution is 2.29. The molecule has 0 aliphatic carbocycles. The van der Waals surface area contributed by atoms with Crippen molar-refractivity contribution in [3.8, 4) is 22.5 Å². The molecule has 3 N–H and O–H groups in total. The largest absolute Gasteiger partial charge is 0.412 e. The quantitative estimate of drug-likeness (QED) is 0.350. The van der Waals surface area contributed by atoms with Crippen LogP contribution in [0.5, 0.6) is 0 Å². The van der Waals surface area contributed by atoms with Crippen LogP contribution in [0.2, 0.25) is 0 Å². The third-order valence-corrected chi connectivity index (χ3v) is 6.89. The topological polar surface area (TPSA) is 120 Å². The molecule has 0 saturated carbocycles. The maximum absolute atomic E-state index is 13.5. The van der Waals surface area contributed by atoms with Crippen LogP contribution < -0.4 is 21.4 Å². The fourth-order valence-electron chi connectivity index (χ4n) is 4.77. The average Bonchev–Trinajstić information content (AvgIpc) is 3.28. The van der Waals surface area contributed by atoms with E-state index >= 15 is 0 Å². The first kappa shape index (κ1) is 26.9. The lowest BCUT2D eigenvalue weighted by atomic mass is 9.96. The summed E-state index contributed by atoms with van der Waals surface area (Å²) < 4.78 is 2.86. The number of nitrogen functional groups attached to an aromatic ring is 1. The number of fused-ring (bicyclic) bond motifs is 1. The summed E-state index contributed by atoms with van der Waals surface area (Å²) in [5, 5.41) is 3.47. The molecule has 0 aliphatic heterocycles. The van der Waals surface area contributed by atoms with Crippen molar-refractivity contribution in [1.29, 1.82) is 0 Å². The number of hydrogen-bond acceptors (Lipinski definition) is 7. The van der Waals surface area contributed by atoms with Gasteiger partial charge in [-0.3, -0.25) is 9.59 Å². The maximum atomic E-state index is 13.5. The van der Waals surface area contributed by atoms with Crippen LogP contribution in [0, 0.1) is 13.8 Å². The normalized spacial score (nSPS) is 11.3. The SMILES string of the molecule is CCN(CC)CCNC(=O)c1cc(-c2nc(N)c3cc(-c4c(C)cccc4C)c(=O)n(OC)c3n2)cn1C. The van der Waals surface area contributed by atoms with E-state index in [1.165, 1.54) is 7.11 Å². The van der Waals surface area contributed by atoms with Gasteiger partial charge in [-0.1, -0.05) is 32.0 Å². The van der Waals surface area contributed by atoms with Crippen molar-refractivity contribution in [2.75, 3.05) is 39.0 Å². The number of aryl methyl sites for hydroxylation is 3. The van der Waals surface area contributed by atoms with Gasteiger partial charge in [-0.25, -0.2) is 9.97 Å². The number of nitrogens with two attached hydrogens (primary N) is 1. The van der Waals surface area contributed by atoms with Crippen molar-refractivity contribution in [3.05, 3.63) is 63.7 Å². The number of anilines is 1. The summed E-state index contributed by atoms with van der Waals surface area (Å²) in [6.07, 6.45) is 1.76. The molecule has 1 aromatic carbocycles. The summed E-state index contributed by atoms with van der Waals surface area (Å²) in [7, 11) is 3.20. The Kier molecular flexibility index (Phi) is 7.82. The highest BCUT2D eigenvalue weighted by atomic mass is 16.6. The van der Waals surface area contributed by atoms with E-state index in [0.29, 0.717) is 28.8 Å². The number of nitrogens with zero attached hydrogens (tertiary/aromatic N) is 5. The number of likely N-dealkylation sites (N-methyl/N-ethyl adjacent to an activating group) is 1. The Morgan fingerprint density at radius 1 is 1.13 bits per heavy atom. The highest BCUT2D eigenvalue weighted by molar-refractivity contribution is 5.95. The Morgan fingerprint density at radius 2 is 1.82 bits per heavy atom. The summed E-state index contributed by atoms with van der Waals surface area (Å²) in [6, 6.07) is 9.31. The molecule has 4 rings (SSSR count). The van der Waals surface area contributed by atoms with Crippen LogP contribution in [0.1, 0.15) is 35.5 Å². The molecule has 10 nitrogen and oxygen atoms in total. The van der Waals surface area contributed by atoms with Gasteiger partial charge in [-0.2, -0.15) is 0 Å². The molecule has 3 heterocycles. The second kappa shape index (κ2) is 11.1. The van der Waals surface area contributed by atoms with Gasteiger partial charge in [0.25, 0.3) is 11.5 Å². The first-order chi connectivity index (χ1) is 18.2. The molecule has 1 amide bonds. The Labute approximate surface area is 222 Å². The minimum atomic E-state index is -0.345. The summed E-state index contributed by atoms with van der Waals surface area (Å²) in [5.74, 6) is 0.307. The van der Waals surface area contributed by atoms with Crippen molar-refractivity contribution in [1.82, 2.24) is 29.5 Å². The van der Waals surface area contributed by atoms with Gasteiger partial charge in [0.15, 0.2) is 11.5 Å². The molecule has 3 aromatic heterocycles. The molecule has 10 heteroatoms. The Hall–Kier alpha value is -4.18. The molecule has 0 fully saturated rings. The second-order valence-electron chi connectivity index (χ2n) is 9.28. The van der Waals surface area contributed by atoms with Crippen LogP contribution in [0.3, 0.4) is 0 Å². The molecule has 0 spiro atoms. The van der Waals surface area contributed by atoms with E-state index in [4.69, 9.17) is 10.6 Å². The summed E-state index contributed by atoms with van der Waals surface area (Å²) >= 11 is 0. The monoisotopic (exact) mass is 517 g/mol. The zero-order valence-electron chi connectivity index (χ0n) is 22.8. The standard InChI is InChI=1S/C28H35N7O3/c1-7-34(8-2)13-12-30-27(36)22-14-19(16-33(22)5)25-31-24(29)21-15-20(23-17(3)10-9-11-18(23)4)28(37)35(38-6)26(21)32-25/h9-11,14-16H,7-8,12-13H2,1-6H3,(H,30,36)(H2,29,31,32). The van der Waals surface area contributed by atoms with Gasteiger partial charge < -0.3 is 25.4 Å². The molecule has 0 aliphatic rings. The third kappa shape index (κ3) is 4.99. The zero-order chi connectivity index (χ0) is 27.6. The number of aromatic nitrogens is 4. The van der Waals surface area contributed by atoms with Crippen molar-refractivity contribution >= 4 is 22.8 Å². The van der Waals surface area contributed by atoms with Gasteiger partial charge >= 0.3 is 0 Å². The van der Waals surface area contributed by atoms with E-state index in [2.05, 4.69) is 34.0 Å². The van der Waals surface area contributed by atoms with Gasteiger partial charge in [0.05, 0.1) is 10.9 Å². The van der Waals surface area contributed by atoms with Crippen molar-refractivity contribution in [2.45, 2.75) is 27.7 Å². The minimum absolute atomic E-state index is 0.188. The number of nitrogens with one attached hydrogen (secondary N) is 1. The lowest BCUT2D eigenvalue weighted by Crippen LogP contribution is -2.35. The van der Waals surface area contributed by atoms with Gasteiger partial charge in [0.2, 0.25) is 0 Å². The summed E-state index contributed by atoms with van der Waals surface area (Å²) in [5.41, 5.74) is 10.6. The van der Waals surface area contributed by atoms with Crippen LogP contribution in [0.4, 0.5) is 5.82 Å². The average molecular weight is 518 g/mol. The van der Waals surface area contributed by atoms with Crippen molar-refractivity contribution in [2.24, 2.45) is 7.05 Å². The molecule has 0 radical (unpaired) electrons. The summed E-state index contributed by atoms with van der Waals surface area (Å²) in [4.78, 5) is 43.2. The Balaban J connectivity index is 1.74. The fourth-order valence-corrected chi connectivity index (χ4v) is 4.77. The van der Waals surface area contributed by atoms with Crippen LogP contribution in [0.25, 0.3) is 33.5 Å². The first-order valence-corrected chi connectivity index (χ1v) is 12.7. The van der Waals surface area contributed by atoms with E-state index < -0.39 is 0 Å². The zero-order valence-corrected chi connectivity index (χ0v) is 22.8. The van der Waals surface area contributed by atoms with Crippen LogP contribution in [0.15, 0.2) is 41.3 Å². The number of amides is 1. The van der Waals surface area contributed by atoms with Gasteiger partial charge in [0.1, 0.15) is 18.6 Å². The Morgan fingerprint density at radius 3 is 2.45 bits per heavy atom. The van der Waals surface area contributed by atoms with E-state index in [1.54, 1.807) is 29.9 Å². The number of benzene rings is 1. The van der Waals surface area contributed by atoms with Gasteiger partial charge in [-0.15, -0.1) is 4.73 Å². The molecule has 200 valence electrons. The predicted octanol–water partition coefficient (Wildman–Crippen LogP) is 2.79. The van der Waals surface area contributed by atoms with Crippen LogP contribution >= 0.6 is 0 Å². The van der Waals surface area contributed by atoms with E-state index in [1.807, 2.05) is 32.0 Å². The van der Waals surface area contributed by atoms with Gasteiger partial charge in [-0.05, 0) is 55.8 Å². The van der Waals surface area contributed by atoms with Crippen molar-refractivity contribution in [3.63, 3.8) is 0 Å². The maximum Gasteiger partial charge on any atom is 0.292 e. The van der Waals surface area contributed by atoms with Crippen LogP contribution in [-0.4, -0.2) is 63.4 Å². The third-order valence-electron chi connectivity index (χ3n) is 6.89. The molecule has 38 heavy (non-hydrogen) atoms. The number of carbonyl (C=O) groups is 1. The van der Waals surface area contributed by atoms with E-state index in [0.717, 1.165) is 41.1 Å². The number of rotatable bonds is 9. The number of pyridine rings is 1. The number of hydrogen-bond donors (Lipinski definition) is 2. The van der Waals surface area contributed by atoms with E-state index in [9.17, 15) is 9.59 Å². The molecule has 0 atom stereocenters. The Bertz CT molecular complexity index is 1530. The molecule has 0 unspecified atom stereocenters. The second-order valence-corrected chi connectivity index (χ2v) is 9.28. The van der Waals surface area contributed by atoms with Gasteiger partial charge in [0, 0.05) is 31.9 Å². The lowest BCUT2D eigenvalue weighted by molar-refractivity contribution is 0.0941. The molecule has 0 bridgehead atoms.